The third-order valence-electron chi connectivity index (χ3n) is 3.54. The molecule has 0 aromatic carbocycles. The molecule has 7 heteroatoms. The van der Waals surface area contributed by atoms with E-state index in [1.54, 1.807) is 0 Å². The molecular formula is C19H29NO6. The van der Waals surface area contributed by atoms with Crippen LogP contribution in [0, 0.1) is 0 Å². The molecule has 0 aromatic rings. The van der Waals surface area contributed by atoms with Gasteiger partial charge in [-0.1, -0.05) is 38.2 Å². The largest absolute Gasteiger partial charge is 0.481 e. The molecule has 2 amide bonds. The van der Waals surface area contributed by atoms with Gasteiger partial charge in [-0.25, -0.2) is 4.79 Å². The molecule has 0 saturated heterocycles. The first-order valence-electron chi connectivity index (χ1n) is 8.83. The summed E-state index contributed by atoms with van der Waals surface area (Å²) in [6, 6.07) is -1.46. The molecule has 7 nitrogen and oxygen atoms in total. The van der Waals surface area contributed by atoms with Crippen molar-refractivity contribution < 1.29 is 29.0 Å². The quantitative estimate of drug-likeness (QED) is 0.420. The Bertz CT molecular complexity index is 508. The number of methoxy groups -OCH3 is 1. The maximum absolute atomic E-state index is 12.5. The fraction of sp³-hybridized carbons (Fsp3) is 0.579. The van der Waals surface area contributed by atoms with Crippen LogP contribution in [0.1, 0.15) is 58.8 Å². The lowest BCUT2D eigenvalue weighted by molar-refractivity contribution is -0.162. The molecule has 146 valence electrons. The van der Waals surface area contributed by atoms with Gasteiger partial charge in [0, 0.05) is 12.8 Å². The topological polar surface area (TPSA) is 101 Å². The highest BCUT2D eigenvalue weighted by molar-refractivity contribution is 6.00. The number of carbonyl (C=O) groups excluding carboxylic acids is 3. The average molecular weight is 367 g/mol. The van der Waals surface area contributed by atoms with Gasteiger partial charge in [0.2, 0.25) is 11.8 Å². The lowest BCUT2D eigenvalue weighted by atomic mass is 10.1. The fourth-order valence-electron chi connectivity index (χ4n) is 2.29. The number of carbonyl (C=O) groups is 4. The summed E-state index contributed by atoms with van der Waals surface area (Å²) in [7, 11) is 1.10. The normalized spacial score (nSPS) is 12.3. The average Bonchev–Trinajstić information content (AvgIpc) is 2.60. The van der Waals surface area contributed by atoms with E-state index in [0.29, 0.717) is 12.8 Å². The first kappa shape index (κ1) is 23.6. The number of amides is 2. The molecule has 0 bridgehead atoms. The van der Waals surface area contributed by atoms with Crippen LogP contribution in [0.25, 0.3) is 0 Å². The van der Waals surface area contributed by atoms with E-state index in [1.807, 2.05) is 38.2 Å². The lowest BCUT2D eigenvalue weighted by Crippen LogP contribution is -2.50. The molecule has 0 heterocycles. The highest BCUT2D eigenvalue weighted by Crippen LogP contribution is 2.14. The van der Waals surface area contributed by atoms with Gasteiger partial charge in [0.25, 0.3) is 0 Å². The second-order valence-corrected chi connectivity index (χ2v) is 5.63. The number of imide groups is 1. The number of allylic oxidation sites excluding steroid dienone is 4. The zero-order valence-electron chi connectivity index (χ0n) is 15.8. The first-order valence-corrected chi connectivity index (χ1v) is 8.83. The van der Waals surface area contributed by atoms with Crippen molar-refractivity contribution in [2.24, 2.45) is 0 Å². The minimum atomic E-state index is -1.46. The maximum Gasteiger partial charge on any atom is 0.329 e. The third kappa shape index (κ3) is 9.15. The molecular weight excluding hydrogens is 338 g/mol. The summed E-state index contributed by atoms with van der Waals surface area (Å²) in [5.41, 5.74) is 0. The van der Waals surface area contributed by atoms with Crippen LogP contribution < -0.4 is 0 Å². The number of aliphatic carboxylic acids is 1. The van der Waals surface area contributed by atoms with Crippen LogP contribution in [0.2, 0.25) is 0 Å². The second-order valence-electron chi connectivity index (χ2n) is 5.63. The molecule has 0 fully saturated rings. The van der Waals surface area contributed by atoms with Gasteiger partial charge < -0.3 is 9.84 Å². The predicted octanol–water partition coefficient (Wildman–Crippen LogP) is 2.85. The Kier molecular flexibility index (Phi) is 12.5. The van der Waals surface area contributed by atoms with Gasteiger partial charge in [0.1, 0.15) is 6.04 Å². The molecule has 0 aliphatic carbocycles. The summed E-state index contributed by atoms with van der Waals surface area (Å²) in [4.78, 5) is 48.9. The summed E-state index contributed by atoms with van der Waals surface area (Å²) in [6.07, 6.45) is 9.23. The van der Waals surface area contributed by atoms with E-state index in [1.165, 1.54) is 0 Å². The van der Waals surface area contributed by atoms with Crippen LogP contribution in [0.4, 0.5) is 0 Å². The standard InChI is InChI=1S/C19H29NO6/c1-4-6-8-10-12-16(21)20(17(22)13-11-9-7-5-2)15(14-18(23)24)19(25)26-3/h6-9,15H,4-5,10-14H2,1-3H3,(H,23,24)/b8-6+,9-7+. The van der Waals surface area contributed by atoms with Crippen molar-refractivity contribution in [1.29, 1.82) is 0 Å². The van der Waals surface area contributed by atoms with Crippen molar-refractivity contribution in [3.05, 3.63) is 24.3 Å². The number of hydrogen-bond acceptors (Lipinski definition) is 5. The number of carboxylic acids is 1. The van der Waals surface area contributed by atoms with Gasteiger partial charge in [0.05, 0.1) is 13.5 Å². The zero-order valence-corrected chi connectivity index (χ0v) is 15.8. The van der Waals surface area contributed by atoms with Crippen LogP contribution in [-0.4, -0.2) is 46.9 Å². The van der Waals surface area contributed by atoms with Gasteiger partial charge in [-0.05, 0) is 25.7 Å². The van der Waals surface area contributed by atoms with Crippen LogP contribution in [0.3, 0.4) is 0 Å². The van der Waals surface area contributed by atoms with Crippen molar-refractivity contribution in [3.8, 4) is 0 Å². The summed E-state index contributed by atoms with van der Waals surface area (Å²) >= 11 is 0. The molecule has 0 rings (SSSR count). The minimum absolute atomic E-state index is 0.0140. The number of esters is 1. The molecule has 0 saturated carbocycles. The van der Waals surface area contributed by atoms with E-state index < -0.39 is 36.2 Å². The van der Waals surface area contributed by atoms with E-state index in [9.17, 15) is 19.2 Å². The monoisotopic (exact) mass is 367 g/mol. The van der Waals surface area contributed by atoms with Crippen molar-refractivity contribution in [2.75, 3.05) is 7.11 Å². The molecule has 0 spiro atoms. The van der Waals surface area contributed by atoms with Crippen molar-refractivity contribution >= 4 is 23.8 Å². The van der Waals surface area contributed by atoms with E-state index in [2.05, 4.69) is 4.74 Å². The first-order chi connectivity index (χ1) is 12.4. The van der Waals surface area contributed by atoms with Crippen LogP contribution >= 0.6 is 0 Å². The van der Waals surface area contributed by atoms with Gasteiger partial charge in [-0.2, -0.15) is 0 Å². The number of carboxylic acid groups (broad SMARTS) is 1. The van der Waals surface area contributed by atoms with E-state index >= 15 is 0 Å². The van der Waals surface area contributed by atoms with Gasteiger partial charge >= 0.3 is 11.9 Å². The third-order valence-corrected chi connectivity index (χ3v) is 3.54. The van der Waals surface area contributed by atoms with E-state index in [4.69, 9.17) is 5.11 Å². The molecule has 1 atom stereocenters. The Balaban J connectivity index is 5.38. The van der Waals surface area contributed by atoms with Gasteiger partial charge in [-0.15, -0.1) is 0 Å². The highest BCUT2D eigenvalue weighted by Gasteiger charge is 2.36. The Morgan fingerprint density at radius 1 is 0.923 bits per heavy atom. The van der Waals surface area contributed by atoms with E-state index in [-0.39, 0.29) is 12.8 Å². The van der Waals surface area contributed by atoms with E-state index in [0.717, 1.165) is 24.9 Å². The predicted molar refractivity (Wildman–Crippen MR) is 97.2 cm³/mol. The molecule has 1 unspecified atom stereocenters. The minimum Gasteiger partial charge on any atom is -0.481 e. The number of hydrogen-bond donors (Lipinski definition) is 1. The van der Waals surface area contributed by atoms with Crippen molar-refractivity contribution in [2.45, 2.75) is 64.8 Å². The number of nitrogens with zero attached hydrogens (tertiary/aromatic N) is 1. The summed E-state index contributed by atoms with van der Waals surface area (Å²) < 4.78 is 4.60. The molecule has 26 heavy (non-hydrogen) atoms. The smallest absolute Gasteiger partial charge is 0.329 e. The van der Waals surface area contributed by atoms with Crippen LogP contribution in [0.15, 0.2) is 24.3 Å². The van der Waals surface area contributed by atoms with Gasteiger partial charge in [0.15, 0.2) is 0 Å². The Morgan fingerprint density at radius 3 is 1.73 bits per heavy atom. The summed E-state index contributed by atoms with van der Waals surface area (Å²) in [6.45, 7) is 3.91. The summed E-state index contributed by atoms with van der Waals surface area (Å²) in [5.74, 6) is -3.36. The molecule has 0 aliphatic heterocycles. The lowest BCUT2D eigenvalue weighted by Gasteiger charge is -2.27. The molecule has 0 radical (unpaired) electrons. The van der Waals surface area contributed by atoms with Gasteiger partial charge in [-0.3, -0.25) is 19.3 Å². The second kappa shape index (κ2) is 13.8. The number of ether oxygens (including phenoxy) is 1. The SMILES string of the molecule is CC/C=C/CCC(=O)N(C(=O)CC/C=C/CC)C(CC(=O)O)C(=O)OC. The zero-order chi connectivity index (χ0) is 19.9. The Labute approximate surface area is 154 Å². The number of rotatable bonds is 12. The molecule has 1 N–H and O–H groups in total. The Morgan fingerprint density at radius 2 is 1.38 bits per heavy atom. The molecule has 0 aromatic heterocycles. The fourth-order valence-corrected chi connectivity index (χ4v) is 2.29. The maximum atomic E-state index is 12.5. The van der Waals surface area contributed by atoms with Crippen LogP contribution in [-0.2, 0) is 23.9 Å². The van der Waals surface area contributed by atoms with Crippen molar-refractivity contribution in [1.82, 2.24) is 4.90 Å². The van der Waals surface area contributed by atoms with Crippen LogP contribution in [0.5, 0.6) is 0 Å². The summed E-state index contributed by atoms with van der Waals surface area (Å²) in [5, 5.41) is 9.05. The molecule has 0 aliphatic rings. The van der Waals surface area contributed by atoms with Crippen molar-refractivity contribution in [3.63, 3.8) is 0 Å². The Hall–Kier alpha value is -2.44. The highest BCUT2D eigenvalue weighted by atomic mass is 16.5.